The lowest BCUT2D eigenvalue weighted by molar-refractivity contribution is 0.669. The maximum Gasteiger partial charge on any atom is 0.136 e. The van der Waals surface area contributed by atoms with E-state index in [1.165, 1.54) is 76.5 Å². The van der Waals surface area contributed by atoms with Gasteiger partial charge in [0.1, 0.15) is 11.2 Å². The molecular weight excluding hydrogens is 496 g/mol. The molecule has 0 saturated carbocycles. The van der Waals surface area contributed by atoms with Crippen LogP contribution in [0.25, 0.3) is 87.6 Å². The average molecular weight is 521 g/mol. The molecule has 0 bridgehead atoms. The first-order valence-corrected chi connectivity index (χ1v) is 14.1. The van der Waals surface area contributed by atoms with Crippen LogP contribution < -0.4 is 0 Å². The average Bonchev–Trinajstić information content (AvgIpc) is 3.43. The Morgan fingerprint density at radius 2 is 0.659 bits per heavy atom. The lowest BCUT2D eigenvalue weighted by Gasteiger charge is -2.22. The number of rotatable bonds is 3. The van der Waals surface area contributed by atoms with E-state index in [1.807, 2.05) is 0 Å². The highest BCUT2D eigenvalue weighted by Gasteiger charge is 2.25. The van der Waals surface area contributed by atoms with Crippen molar-refractivity contribution in [3.63, 3.8) is 0 Å². The van der Waals surface area contributed by atoms with Gasteiger partial charge in [-0.1, -0.05) is 133 Å². The third-order valence-electron chi connectivity index (χ3n) is 8.62. The largest absolute Gasteiger partial charge is 0.456 e. The molecule has 9 rings (SSSR count). The number of hydrogen-bond donors (Lipinski definition) is 0. The summed E-state index contributed by atoms with van der Waals surface area (Å²) in [4.78, 5) is 0. The minimum atomic E-state index is 0.934. The van der Waals surface area contributed by atoms with Gasteiger partial charge >= 0.3 is 0 Å². The number of benzene rings is 8. The minimum absolute atomic E-state index is 0.934. The standard InChI is InChI=1S/C40H24O/c1-3-13-25(14-4-1)35-27-17-7-9-19-29(27)37(30-20-10-8-18-28(30)35)40-32-22-12-24-34-39(32)38-31(21-11-23-33(38)41-34)36(40)26-15-5-2-6-16-26/h1-24H. The molecule has 1 heteroatoms. The van der Waals surface area contributed by atoms with Gasteiger partial charge in [0.05, 0.1) is 0 Å². The fourth-order valence-electron chi connectivity index (χ4n) is 7.03. The normalized spacial score (nSPS) is 11.9. The molecule has 0 spiro atoms. The Morgan fingerprint density at radius 1 is 0.268 bits per heavy atom. The van der Waals surface area contributed by atoms with Crippen molar-refractivity contribution in [1.29, 1.82) is 0 Å². The summed E-state index contributed by atoms with van der Waals surface area (Å²) in [5.41, 5.74) is 9.37. The van der Waals surface area contributed by atoms with E-state index < -0.39 is 0 Å². The number of furan rings is 1. The zero-order valence-corrected chi connectivity index (χ0v) is 22.3. The molecule has 0 aliphatic carbocycles. The van der Waals surface area contributed by atoms with Crippen molar-refractivity contribution in [3.8, 4) is 33.4 Å². The molecule has 1 aromatic heterocycles. The van der Waals surface area contributed by atoms with Crippen LogP contribution in [0.15, 0.2) is 150 Å². The lowest BCUT2D eigenvalue weighted by Crippen LogP contribution is -1.95. The second kappa shape index (κ2) is 8.55. The Hall–Kier alpha value is -5.40. The van der Waals surface area contributed by atoms with Gasteiger partial charge in [0.2, 0.25) is 0 Å². The molecule has 0 aliphatic heterocycles. The summed E-state index contributed by atoms with van der Waals surface area (Å²) < 4.78 is 6.45. The fourth-order valence-corrected chi connectivity index (χ4v) is 7.03. The molecule has 0 unspecified atom stereocenters. The molecule has 0 amide bonds. The van der Waals surface area contributed by atoms with Crippen LogP contribution in [0.3, 0.4) is 0 Å². The monoisotopic (exact) mass is 520 g/mol. The van der Waals surface area contributed by atoms with E-state index in [1.54, 1.807) is 0 Å². The Kier molecular flexibility index (Phi) is 4.67. The van der Waals surface area contributed by atoms with Crippen molar-refractivity contribution in [2.24, 2.45) is 0 Å². The first-order chi connectivity index (χ1) is 20.4. The summed E-state index contributed by atoms with van der Waals surface area (Å²) in [6.07, 6.45) is 0. The quantitative estimate of drug-likeness (QED) is 0.167. The lowest BCUT2D eigenvalue weighted by atomic mass is 9.80. The van der Waals surface area contributed by atoms with Gasteiger partial charge in [-0.15, -0.1) is 0 Å². The smallest absolute Gasteiger partial charge is 0.136 e. The van der Waals surface area contributed by atoms with E-state index in [-0.39, 0.29) is 0 Å². The van der Waals surface area contributed by atoms with Crippen molar-refractivity contribution < 1.29 is 4.42 Å². The highest BCUT2D eigenvalue weighted by molar-refractivity contribution is 6.34. The highest BCUT2D eigenvalue weighted by Crippen LogP contribution is 2.52. The number of fused-ring (bicyclic) bond motifs is 2. The molecule has 0 N–H and O–H groups in total. The van der Waals surface area contributed by atoms with Crippen LogP contribution in [-0.2, 0) is 0 Å². The molecule has 0 aliphatic rings. The summed E-state index contributed by atoms with van der Waals surface area (Å²) in [5, 5.41) is 9.88. The van der Waals surface area contributed by atoms with Crippen molar-refractivity contribution in [3.05, 3.63) is 146 Å². The fraction of sp³-hybridized carbons (Fsp3) is 0. The molecule has 41 heavy (non-hydrogen) atoms. The van der Waals surface area contributed by atoms with E-state index in [0.717, 1.165) is 11.2 Å². The van der Waals surface area contributed by atoms with Gasteiger partial charge in [-0.05, 0) is 77.8 Å². The topological polar surface area (TPSA) is 13.1 Å². The van der Waals surface area contributed by atoms with Gasteiger partial charge in [0, 0.05) is 10.8 Å². The predicted octanol–water partition coefficient (Wildman–Crippen LogP) is 11.5. The third kappa shape index (κ3) is 3.12. The van der Waals surface area contributed by atoms with Crippen LogP contribution in [0.2, 0.25) is 0 Å². The zero-order chi connectivity index (χ0) is 26.9. The maximum absolute atomic E-state index is 6.45. The molecule has 0 saturated heterocycles. The van der Waals surface area contributed by atoms with E-state index in [9.17, 15) is 0 Å². The third-order valence-corrected chi connectivity index (χ3v) is 8.62. The molecule has 190 valence electrons. The van der Waals surface area contributed by atoms with Crippen LogP contribution in [0, 0.1) is 0 Å². The molecule has 0 radical (unpaired) electrons. The van der Waals surface area contributed by atoms with Crippen LogP contribution >= 0.6 is 0 Å². The first-order valence-electron chi connectivity index (χ1n) is 14.1. The van der Waals surface area contributed by atoms with E-state index in [0.29, 0.717) is 0 Å². The molecule has 9 aromatic rings. The summed E-state index contributed by atoms with van der Waals surface area (Å²) in [7, 11) is 0. The molecule has 0 fully saturated rings. The number of hydrogen-bond acceptors (Lipinski definition) is 1. The van der Waals surface area contributed by atoms with Crippen LogP contribution in [0.4, 0.5) is 0 Å². The van der Waals surface area contributed by atoms with Crippen molar-refractivity contribution in [2.75, 3.05) is 0 Å². The van der Waals surface area contributed by atoms with Crippen molar-refractivity contribution in [2.45, 2.75) is 0 Å². The Labute approximate surface area is 237 Å². The molecule has 1 heterocycles. The van der Waals surface area contributed by atoms with Crippen LogP contribution in [0.5, 0.6) is 0 Å². The second-order valence-corrected chi connectivity index (χ2v) is 10.8. The molecule has 1 nitrogen and oxygen atoms in total. The predicted molar refractivity (Wildman–Crippen MR) is 174 cm³/mol. The zero-order valence-electron chi connectivity index (χ0n) is 22.3. The van der Waals surface area contributed by atoms with Crippen molar-refractivity contribution in [1.82, 2.24) is 0 Å². The minimum Gasteiger partial charge on any atom is -0.456 e. The maximum atomic E-state index is 6.45. The molecule has 8 aromatic carbocycles. The van der Waals surface area contributed by atoms with E-state index >= 15 is 0 Å². The van der Waals surface area contributed by atoms with Crippen LogP contribution in [-0.4, -0.2) is 0 Å². The first kappa shape index (κ1) is 22.4. The highest BCUT2D eigenvalue weighted by atomic mass is 16.3. The summed E-state index contributed by atoms with van der Waals surface area (Å²) in [5.74, 6) is 0. The van der Waals surface area contributed by atoms with Gasteiger partial charge in [0.25, 0.3) is 0 Å². The van der Waals surface area contributed by atoms with Crippen molar-refractivity contribution >= 4 is 54.3 Å². The van der Waals surface area contributed by atoms with E-state index in [4.69, 9.17) is 4.42 Å². The van der Waals surface area contributed by atoms with Gasteiger partial charge in [0.15, 0.2) is 0 Å². The summed E-state index contributed by atoms with van der Waals surface area (Å²) >= 11 is 0. The summed E-state index contributed by atoms with van der Waals surface area (Å²) in [6, 6.07) is 52.5. The van der Waals surface area contributed by atoms with Gasteiger partial charge < -0.3 is 4.42 Å². The SMILES string of the molecule is c1ccc(-c2c3ccccc3c(-c3c(-c4ccccc4)c4cccc5oc6cccc3c6c54)c3ccccc23)cc1. The summed E-state index contributed by atoms with van der Waals surface area (Å²) in [6.45, 7) is 0. The van der Waals surface area contributed by atoms with E-state index in [2.05, 4.69) is 146 Å². The van der Waals surface area contributed by atoms with Gasteiger partial charge in [-0.3, -0.25) is 0 Å². The van der Waals surface area contributed by atoms with Gasteiger partial charge in [-0.2, -0.15) is 0 Å². The Bertz CT molecular complexity index is 2340. The molecular formula is C40H24O. The Morgan fingerprint density at radius 3 is 1.17 bits per heavy atom. The van der Waals surface area contributed by atoms with Gasteiger partial charge in [-0.25, -0.2) is 0 Å². The Balaban J connectivity index is 1.58. The van der Waals surface area contributed by atoms with Crippen LogP contribution in [0.1, 0.15) is 0 Å². The second-order valence-electron chi connectivity index (χ2n) is 10.8. The molecule has 0 atom stereocenters.